The van der Waals surface area contributed by atoms with Gasteiger partial charge in [-0.15, -0.1) is 11.3 Å². The van der Waals surface area contributed by atoms with Crippen LogP contribution < -0.4 is 10.9 Å². The van der Waals surface area contributed by atoms with Gasteiger partial charge in [0.1, 0.15) is 10.7 Å². The van der Waals surface area contributed by atoms with Gasteiger partial charge in [0.15, 0.2) is 0 Å². The summed E-state index contributed by atoms with van der Waals surface area (Å²) in [5.41, 5.74) is 1.92. The Balaban J connectivity index is 1.32. The summed E-state index contributed by atoms with van der Waals surface area (Å²) in [7, 11) is 0. The quantitative estimate of drug-likeness (QED) is 0.636. The molecule has 3 aromatic heterocycles. The van der Waals surface area contributed by atoms with Crippen LogP contribution in [0.15, 0.2) is 29.3 Å². The summed E-state index contributed by atoms with van der Waals surface area (Å²) < 4.78 is 0. The number of thioether (sulfide) groups is 1. The molecule has 0 radical (unpaired) electrons. The molecule has 134 valence electrons. The van der Waals surface area contributed by atoms with Crippen molar-refractivity contribution >= 4 is 44.9 Å². The molecule has 1 amide bonds. The Morgan fingerprint density at radius 1 is 1.31 bits per heavy atom. The van der Waals surface area contributed by atoms with Gasteiger partial charge in [-0.2, -0.15) is 11.8 Å². The summed E-state index contributed by atoms with van der Waals surface area (Å²) in [5, 5.41) is 3.62. The maximum Gasteiger partial charge on any atom is 0.259 e. The van der Waals surface area contributed by atoms with E-state index in [0.717, 1.165) is 35.2 Å². The van der Waals surface area contributed by atoms with E-state index in [1.54, 1.807) is 47.6 Å². The number of amides is 1. The maximum absolute atomic E-state index is 12.4. The topological polar surface area (TPSA) is 87.7 Å². The fourth-order valence-electron chi connectivity index (χ4n) is 3.11. The highest BCUT2D eigenvalue weighted by atomic mass is 32.2. The van der Waals surface area contributed by atoms with E-state index in [-0.39, 0.29) is 11.5 Å². The van der Waals surface area contributed by atoms with Gasteiger partial charge in [0.05, 0.1) is 11.1 Å². The first-order chi connectivity index (χ1) is 12.7. The monoisotopic (exact) mass is 386 g/mol. The fourth-order valence-corrected chi connectivity index (χ4v) is 5.19. The minimum Gasteiger partial charge on any atom is -0.326 e. The minimum absolute atomic E-state index is 0.0274. The molecule has 0 atom stereocenters. The Hall–Kier alpha value is -2.19. The van der Waals surface area contributed by atoms with Gasteiger partial charge in [-0.05, 0) is 37.0 Å². The summed E-state index contributed by atoms with van der Waals surface area (Å²) in [6.07, 6.45) is 6.88. The van der Waals surface area contributed by atoms with Crippen molar-refractivity contribution in [1.29, 1.82) is 0 Å². The molecular formula is C18H18N4O2S2. The second-order valence-corrected chi connectivity index (χ2v) is 8.33. The Morgan fingerprint density at radius 3 is 3.00 bits per heavy atom. The first-order valence-electron chi connectivity index (χ1n) is 8.52. The maximum atomic E-state index is 12.4. The molecule has 2 N–H and O–H groups in total. The molecule has 1 aliphatic carbocycles. The average molecular weight is 387 g/mol. The third-order valence-corrected chi connectivity index (χ3v) is 6.46. The minimum atomic E-state index is -0.0321. The molecule has 3 heterocycles. The second kappa shape index (κ2) is 7.59. The molecular weight excluding hydrogens is 368 g/mol. The number of aryl methyl sites for hydroxylation is 2. The SMILES string of the molecule is O=C(CCSCc1nc2sc3c(c2c(=O)[nH]1)CCC3)Nc1ccncc1. The van der Waals surface area contributed by atoms with E-state index >= 15 is 0 Å². The lowest BCUT2D eigenvalue weighted by Crippen LogP contribution is -2.13. The Kier molecular flexibility index (Phi) is 5.03. The van der Waals surface area contributed by atoms with Crippen molar-refractivity contribution in [3.8, 4) is 0 Å². The predicted octanol–water partition coefficient (Wildman–Crippen LogP) is 3.13. The van der Waals surface area contributed by atoms with Crippen LogP contribution in [-0.2, 0) is 23.4 Å². The van der Waals surface area contributed by atoms with Gasteiger partial charge in [-0.25, -0.2) is 4.98 Å². The van der Waals surface area contributed by atoms with Crippen molar-refractivity contribution in [3.63, 3.8) is 0 Å². The second-order valence-electron chi connectivity index (χ2n) is 6.14. The third kappa shape index (κ3) is 3.66. The van der Waals surface area contributed by atoms with E-state index in [0.29, 0.717) is 23.8 Å². The van der Waals surface area contributed by atoms with Crippen LogP contribution >= 0.6 is 23.1 Å². The van der Waals surface area contributed by atoms with Gasteiger partial charge in [0, 0.05) is 35.1 Å². The number of carbonyl (C=O) groups is 1. The molecule has 1 aliphatic rings. The van der Waals surface area contributed by atoms with Crippen molar-refractivity contribution < 1.29 is 4.79 Å². The molecule has 0 bridgehead atoms. The van der Waals surface area contributed by atoms with Gasteiger partial charge >= 0.3 is 0 Å². The number of hydrogen-bond donors (Lipinski definition) is 2. The number of H-pyrrole nitrogens is 1. The molecule has 0 saturated carbocycles. The normalized spacial score (nSPS) is 13.1. The lowest BCUT2D eigenvalue weighted by Gasteiger charge is -2.05. The van der Waals surface area contributed by atoms with E-state index in [9.17, 15) is 9.59 Å². The first-order valence-corrected chi connectivity index (χ1v) is 10.5. The van der Waals surface area contributed by atoms with Crippen LogP contribution in [-0.4, -0.2) is 26.6 Å². The van der Waals surface area contributed by atoms with Crippen LogP contribution in [0.25, 0.3) is 10.2 Å². The van der Waals surface area contributed by atoms with Crippen molar-refractivity contribution in [2.24, 2.45) is 0 Å². The number of nitrogens with one attached hydrogen (secondary N) is 2. The number of aromatic amines is 1. The standard InChI is InChI=1S/C18H18N4O2S2/c23-15(20-11-4-7-19-8-5-11)6-9-25-10-14-21-17(24)16-12-2-1-3-13(12)26-18(16)22-14/h4-5,7-8H,1-3,6,9-10H2,(H,19,20,23)(H,21,22,24). The first kappa shape index (κ1) is 17.2. The lowest BCUT2D eigenvalue weighted by molar-refractivity contribution is -0.115. The summed E-state index contributed by atoms with van der Waals surface area (Å²) >= 11 is 3.24. The molecule has 0 aliphatic heterocycles. The fraction of sp³-hybridized carbons (Fsp3) is 0.333. The van der Waals surface area contributed by atoms with Gasteiger partial charge in [-0.3, -0.25) is 14.6 Å². The molecule has 26 heavy (non-hydrogen) atoms. The Labute approximate surface area is 158 Å². The highest BCUT2D eigenvalue weighted by Gasteiger charge is 2.21. The van der Waals surface area contributed by atoms with Gasteiger partial charge in [0.25, 0.3) is 5.56 Å². The zero-order valence-electron chi connectivity index (χ0n) is 14.1. The average Bonchev–Trinajstić information content (AvgIpc) is 3.20. The molecule has 3 aromatic rings. The zero-order valence-corrected chi connectivity index (χ0v) is 15.7. The molecule has 4 rings (SSSR count). The molecule has 0 aromatic carbocycles. The number of carbonyl (C=O) groups excluding carboxylic acids is 1. The van der Waals surface area contributed by atoms with Crippen LogP contribution in [0.2, 0.25) is 0 Å². The molecule has 0 unspecified atom stereocenters. The Bertz CT molecular complexity index is 998. The summed E-state index contributed by atoms with van der Waals surface area (Å²) in [6.45, 7) is 0. The highest BCUT2D eigenvalue weighted by molar-refractivity contribution is 7.98. The van der Waals surface area contributed by atoms with Crippen molar-refractivity contribution in [2.75, 3.05) is 11.1 Å². The molecule has 0 saturated heterocycles. The summed E-state index contributed by atoms with van der Waals surface area (Å²) in [6, 6.07) is 3.51. The van der Waals surface area contributed by atoms with E-state index in [1.165, 1.54) is 10.4 Å². The Morgan fingerprint density at radius 2 is 2.15 bits per heavy atom. The van der Waals surface area contributed by atoms with Gasteiger partial charge in [-0.1, -0.05) is 0 Å². The number of pyridine rings is 1. The van der Waals surface area contributed by atoms with Crippen LogP contribution in [0.3, 0.4) is 0 Å². The molecule has 0 spiro atoms. The van der Waals surface area contributed by atoms with Crippen LogP contribution in [0.4, 0.5) is 5.69 Å². The van der Waals surface area contributed by atoms with Gasteiger partial charge in [0.2, 0.25) is 5.91 Å². The molecule has 0 fully saturated rings. The smallest absolute Gasteiger partial charge is 0.259 e. The highest BCUT2D eigenvalue weighted by Crippen LogP contribution is 2.34. The number of fused-ring (bicyclic) bond motifs is 3. The zero-order chi connectivity index (χ0) is 17.9. The van der Waals surface area contributed by atoms with Crippen LogP contribution in [0.1, 0.15) is 29.1 Å². The van der Waals surface area contributed by atoms with Gasteiger partial charge < -0.3 is 10.3 Å². The number of rotatable bonds is 6. The number of anilines is 1. The van der Waals surface area contributed by atoms with Crippen LogP contribution in [0.5, 0.6) is 0 Å². The van der Waals surface area contributed by atoms with E-state index in [4.69, 9.17) is 0 Å². The third-order valence-electron chi connectivity index (χ3n) is 4.30. The molecule has 6 nitrogen and oxygen atoms in total. The number of thiophene rings is 1. The summed E-state index contributed by atoms with van der Waals surface area (Å²) in [4.78, 5) is 37.9. The number of nitrogens with zero attached hydrogens (tertiary/aromatic N) is 2. The van der Waals surface area contributed by atoms with Crippen LogP contribution in [0, 0.1) is 0 Å². The van der Waals surface area contributed by atoms with Crippen molar-refractivity contribution in [3.05, 3.63) is 51.1 Å². The van der Waals surface area contributed by atoms with Crippen molar-refractivity contribution in [1.82, 2.24) is 15.0 Å². The summed E-state index contributed by atoms with van der Waals surface area (Å²) in [5.74, 6) is 1.91. The van der Waals surface area contributed by atoms with Crippen molar-refractivity contribution in [2.45, 2.75) is 31.4 Å². The van der Waals surface area contributed by atoms with E-state index < -0.39 is 0 Å². The lowest BCUT2D eigenvalue weighted by atomic mass is 10.2. The molecule has 8 heteroatoms. The number of hydrogen-bond acceptors (Lipinski definition) is 6. The number of aromatic nitrogens is 3. The predicted molar refractivity (Wildman–Crippen MR) is 106 cm³/mol. The largest absolute Gasteiger partial charge is 0.326 e. The van der Waals surface area contributed by atoms with E-state index in [1.807, 2.05) is 0 Å². The van der Waals surface area contributed by atoms with E-state index in [2.05, 4.69) is 20.3 Å².